The molecule has 0 bridgehead atoms. The summed E-state index contributed by atoms with van der Waals surface area (Å²) < 4.78 is 11.3. The highest BCUT2D eigenvalue weighted by Crippen LogP contribution is 2.25. The summed E-state index contributed by atoms with van der Waals surface area (Å²) in [6.45, 7) is 6.65. The maximum Gasteiger partial charge on any atom is 0.162 e. The maximum atomic E-state index is 10.2. The topological polar surface area (TPSA) is 50.7 Å². The molecule has 0 aromatic carbocycles. The zero-order valence-corrected chi connectivity index (χ0v) is 12.1. The van der Waals surface area contributed by atoms with Crippen LogP contribution in [0, 0.1) is 0 Å². The summed E-state index contributed by atoms with van der Waals surface area (Å²) in [4.78, 5) is 0. The minimum atomic E-state index is -0.626. The summed E-state index contributed by atoms with van der Waals surface area (Å²) in [5, 5.41) is 13.8. The average Bonchev–Trinajstić information content (AvgIpc) is 2.53. The fraction of sp³-hybridized carbons (Fsp3) is 0.733. The number of aliphatic hydroxyl groups is 1. The molecule has 4 heteroatoms. The van der Waals surface area contributed by atoms with E-state index in [1.54, 1.807) is 0 Å². The molecule has 2 rings (SSSR count). The standard InChI is InChI=1S/C15H25NO3/c1-4-15(8-6-5-7-9-15)16-12-10-18-14(2,3)19-11-13(12)17/h5-8,12-13,16-17H,4,9-11H2,1-3H3/t12-,13-,15?/m0/s1. The Kier molecular flexibility index (Phi) is 4.46. The highest BCUT2D eigenvalue weighted by molar-refractivity contribution is 5.21. The van der Waals surface area contributed by atoms with Gasteiger partial charge in [-0.3, -0.25) is 0 Å². The Hall–Kier alpha value is -0.680. The molecule has 1 aliphatic carbocycles. The van der Waals surface area contributed by atoms with Crippen molar-refractivity contribution in [2.24, 2.45) is 0 Å². The molecule has 3 atom stereocenters. The largest absolute Gasteiger partial charge is 0.389 e. The molecule has 0 radical (unpaired) electrons. The zero-order chi connectivity index (χ0) is 13.9. The highest BCUT2D eigenvalue weighted by Gasteiger charge is 2.35. The number of hydrogen-bond acceptors (Lipinski definition) is 4. The molecule has 1 fully saturated rings. The highest BCUT2D eigenvalue weighted by atomic mass is 16.7. The Balaban J connectivity index is 2.04. The SMILES string of the molecule is CCC1(N[C@H]2COC(C)(C)OC[C@@H]2O)C=CC=CC1. The Morgan fingerprint density at radius 1 is 1.26 bits per heavy atom. The molecule has 108 valence electrons. The van der Waals surface area contributed by atoms with Gasteiger partial charge in [0.25, 0.3) is 0 Å². The van der Waals surface area contributed by atoms with Gasteiger partial charge in [-0.1, -0.05) is 31.2 Å². The van der Waals surface area contributed by atoms with Crippen LogP contribution in [0.3, 0.4) is 0 Å². The van der Waals surface area contributed by atoms with Gasteiger partial charge in [-0.05, 0) is 26.7 Å². The van der Waals surface area contributed by atoms with Gasteiger partial charge in [-0.25, -0.2) is 0 Å². The van der Waals surface area contributed by atoms with E-state index in [1.165, 1.54) is 0 Å². The van der Waals surface area contributed by atoms with Crippen molar-refractivity contribution in [3.8, 4) is 0 Å². The van der Waals surface area contributed by atoms with Crippen LogP contribution in [-0.4, -0.2) is 41.8 Å². The van der Waals surface area contributed by atoms with Crippen LogP contribution >= 0.6 is 0 Å². The van der Waals surface area contributed by atoms with Crippen molar-refractivity contribution in [2.45, 2.75) is 57.1 Å². The van der Waals surface area contributed by atoms with Gasteiger partial charge in [0.05, 0.1) is 25.4 Å². The van der Waals surface area contributed by atoms with Crippen LogP contribution in [0.2, 0.25) is 0 Å². The fourth-order valence-electron chi connectivity index (χ4n) is 2.49. The lowest BCUT2D eigenvalue weighted by Crippen LogP contribution is -2.55. The van der Waals surface area contributed by atoms with E-state index in [0.717, 1.165) is 12.8 Å². The summed E-state index contributed by atoms with van der Waals surface area (Å²) in [5.74, 6) is -0.626. The Bertz CT molecular complexity index is 364. The van der Waals surface area contributed by atoms with E-state index in [-0.39, 0.29) is 11.6 Å². The first-order valence-electron chi connectivity index (χ1n) is 7.04. The van der Waals surface area contributed by atoms with Crippen molar-refractivity contribution in [3.63, 3.8) is 0 Å². The third-order valence-corrected chi connectivity index (χ3v) is 3.92. The minimum Gasteiger partial charge on any atom is -0.389 e. The van der Waals surface area contributed by atoms with E-state index < -0.39 is 11.9 Å². The third kappa shape index (κ3) is 3.66. The van der Waals surface area contributed by atoms with Crippen LogP contribution < -0.4 is 5.32 Å². The van der Waals surface area contributed by atoms with E-state index >= 15 is 0 Å². The van der Waals surface area contributed by atoms with Gasteiger partial charge in [-0.2, -0.15) is 0 Å². The molecular weight excluding hydrogens is 242 g/mol. The number of aliphatic hydroxyl groups excluding tert-OH is 1. The first-order valence-corrected chi connectivity index (χ1v) is 7.04. The van der Waals surface area contributed by atoms with Crippen molar-refractivity contribution in [2.75, 3.05) is 13.2 Å². The van der Waals surface area contributed by atoms with E-state index in [1.807, 2.05) is 13.8 Å². The van der Waals surface area contributed by atoms with Gasteiger partial charge in [-0.15, -0.1) is 0 Å². The van der Waals surface area contributed by atoms with Crippen LogP contribution in [0.4, 0.5) is 0 Å². The lowest BCUT2D eigenvalue weighted by molar-refractivity contribution is -0.203. The summed E-state index contributed by atoms with van der Waals surface area (Å²) in [5.41, 5.74) is -0.0851. The van der Waals surface area contributed by atoms with Gasteiger partial charge >= 0.3 is 0 Å². The molecule has 19 heavy (non-hydrogen) atoms. The van der Waals surface area contributed by atoms with Crippen molar-refractivity contribution < 1.29 is 14.6 Å². The van der Waals surface area contributed by atoms with Crippen LogP contribution in [0.25, 0.3) is 0 Å². The molecular formula is C15H25NO3. The molecule has 2 aliphatic rings. The van der Waals surface area contributed by atoms with Gasteiger partial charge < -0.3 is 19.9 Å². The maximum absolute atomic E-state index is 10.2. The first-order chi connectivity index (χ1) is 8.96. The van der Waals surface area contributed by atoms with Crippen LogP contribution in [0.1, 0.15) is 33.6 Å². The van der Waals surface area contributed by atoms with Crippen molar-refractivity contribution >= 4 is 0 Å². The molecule has 0 amide bonds. The van der Waals surface area contributed by atoms with Crippen LogP contribution in [0.15, 0.2) is 24.3 Å². The Morgan fingerprint density at radius 2 is 2.00 bits per heavy atom. The molecule has 1 aliphatic heterocycles. The zero-order valence-electron chi connectivity index (χ0n) is 12.1. The van der Waals surface area contributed by atoms with Gasteiger partial charge in [0.2, 0.25) is 0 Å². The fourth-order valence-corrected chi connectivity index (χ4v) is 2.49. The van der Waals surface area contributed by atoms with Crippen molar-refractivity contribution in [3.05, 3.63) is 24.3 Å². The van der Waals surface area contributed by atoms with E-state index in [0.29, 0.717) is 13.2 Å². The molecule has 4 nitrogen and oxygen atoms in total. The molecule has 1 saturated heterocycles. The normalized spacial score (nSPS) is 38.1. The van der Waals surface area contributed by atoms with Gasteiger partial charge in [0.1, 0.15) is 0 Å². The number of rotatable bonds is 3. The lowest BCUT2D eigenvalue weighted by Gasteiger charge is -2.36. The lowest BCUT2D eigenvalue weighted by atomic mass is 9.87. The van der Waals surface area contributed by atoms with Crippen molar-refractivity contribution in [1.82, 2.24) is 5.32 Å². The number of ether oxygens (including phenoxy) is 2. The number of allylic oxidation sites excluding steroid dienone is 2. The predicted octanol–water partition coefficient (Wildman–Crippen LogP) is 1.75. The van der Waals surface area contributed by atoms with Crippen LogP contribution in [0.5, 0.6) is 0 Å². The molecule has 1 unspecified atom stereocenters. The molecule has 0 spiro atoms. The minimum absolute atomic E-state index is 0.0851. The second-order valence-electron chi connectivity index (χ2n) is 5.84. The van der Waals surface area contributed by atoms with E-state index in [2.05, 4.69) is 36.5 Å². The number of hydrogen-bond donors (Lipinski definition) is 2. The molecule has 1 heterocycles. The van der Waals surface area contributed by atoms with E-state index in [4.69, 9.17) is 9.47 Å². The smallest absolute Gasteiger partial charge is 0.162 e. The second-order valence-corrected chi connectivity index (χ2v) is 5.84. The first kappa shape index (κ1) is 14.7. The molecule has 0 aromatic heterocycles. The van der Waals surface area contributed by atoms with Gasteiger partial charge in [0.15, 0.2) is 5.79 Å². The molecule has 2 N–H and O–H groups in total. The predicted molar refractivity (Wildman–Crippen MR) is 74.8 cm³/mol. The van der Waals surface area contributed by atoms with Crippen molar-refractivity contribution in [1.29, 1.82) is 0 Å². The summed E-state index contributed by atoms with van der Waals surface area (Å²) in [7, 11) is 0. The molecule has 0 aromatic rings. The summed E-state index contributed by atoms with van der Waals surface area (Å²) >= 11 is 0. The molecule has 0 saturated carbocycles. The quantitative estimate of drug-likeness (QED) is 0.818. The number of nitrogens with one attached hydrogen (secondary N) is 1. The van der Waals surface area contributed by atoms with Crippen LogP contribution in [-0.2, 0) is 9.47 Å². The Morgan fingerprint density at radius 3 is 2.63 bits per heavy atom. The van der Waals surface area contributed by atoms with Gasteiger partial charge in [0, 0.05) is 5.54 Å². The Labute approximate surface area is 115 Å². The summed E-state index contributed by atoms with van der Waals surface area (Å²) in [6, 6.07) is -0.113. The average molecular weight is 267 g/mol. The monoisotopic (exact) mass is 267 g/mol. The third-order valence-electron chi connectivity index (χ3n) is 3.92. The second kappa shape index (κ2) is 5.75. The summed E-state index contributed by atoms with van der Waals surface area (Å²) in [6.07, 6.45) is 9.81. The van der Waals surface area contributed by atoms with E-state index in [9.17, 15) is 5.11 Å².